The Hall–Kier alpha value is -0.570. The molecule has 2 saturated carbocycles. The molecule has 0 aromatic carbocycles. The summed E-state index contributed by atoms with van der Waals surface area (Å²) in [4.78, 5) is 11.5. The minimum absolute atomic E-state index is 0.192. The number of nitrogens with one attached hydrogen (secondary N) is 1. The first kappa shape index (κ1) is 9.97. The zero-order valence-electron chi connectivity index (χ0n) is 8.54. The molecule has 0 saturated heterocycles. The highest BCUT2D eigenvalue weighted by Crippen LogP contribution is 2.32. The summed E-state index contributed by atoms with van der Waals surface area (Å²) in [6.07, 6.45) is 6.39. The largest absolute Gasteiger partial charge is 0.396 e. The molecule has 0 aliphatic heterocycles. The molecule has 2 aliphatic rings. The van der Waals surface area contributed by atoms with Crippen LogP contribution in [-0.4, -0.2) is 23.7 Å². The highest BCUT2D eigenvalue weighted by atomic mass is 16.3. The molecule has 2 atom stereocenters. The third kappa shape index (κ3) is 2.47. The van der Waals surface area contributed by atoms with Crippen LogP contribution in [0.5, 0.6) is 0 Å². The van der Waals surface area contributed by atoms with Gasteiger partial charge in [0.05, 0.1) is 0 Å². The van der Waals surface area contributed by atoms with Crippen LogP contribution >= 0.6 is 0 Å². The van der Waals surface area contributed by atoms with Gasteiger partial charge in [-0.3, -0.25) is 4.79 Å². The minimum atomic E-state index is 0.192. The molecule has 2 rings (SSSR count). The third-order valence-corrected chi connectivity index (χ3v) is 3.41. The first-order valence-corrected chi connectivity index (χ1v) is 5.70. The van der Waals surface area contributed by atoms with Crippen LogP contribution in [0.15, 0.2) is 0 Å². The van der Waals surface area contributed by atoms with Gasteiger partial charge in [-0.05, 0) is 31.6 Å². The Bertz CT molecular complexity index is 213. The SMILES string of the molecule is O=C(CC1CC1)NC1CCCC1CO. The summed E-state index contributed by atoms with van der Waals surface area (Å²) in [5.74, 6) is 1.15. The van der Waals surface area contributed by atoms with E-state index in [4.69, 9.17) is 5.11 Å². The van der Waals surface area contributed by atoms with Crippen LogP contribution in [0.25, 0.3) is 0 Å². The fraction of sp³-hybridized carbons (Fsp3) is 0.909. The first-order chi connectivity index (χ1) is 6.79. The van der Waals surface area contributed by atoms with Crippen molar-refractivity contribution in [3.63, 3.8) is 0 Å². The van der Waals surface area contributed by atoms with Crippen LogP contribution in [0.1, 0.15) is 38.5 Å². The molecule has 2 aliphatic carbocycles. The Morgan fingerprint density at radius 2 is 2.07 bits per heavy atom. The highest BCUT2D eigenvalue weighted by Gasteiger charge is 2.30. The number of aliphatic hydroxyl groups is 1. The zero-order chi connectivity index (χ0) is 9.97. The Balaban J connectivity index is 1.74. The molecule has 0 spiro atoms. The molecule has 14 heavy (non-hydrogen) atoms. The second-order valence-corrected chi connectivity index (χ2v) is 4.70. The molecule has 3 nitrogen and oxygen atoms in total. The van der Waals surface area contributed by atoms with Gasteiger partial charge in [0, 0.05) is 25.0 Å². The van der Waals surface area contributed by atoms with Gasteiger partial charge in [-0.25, -0.2) is 0 Å². The monoisotopic (exact) mass is 197 g/mol. The maximum atomic E-state index is 11.5. The van der Waals surface area contributed by atoms with Crippen molar-refractivity contribution in [2.24, 2.45) is 11.8 Å². The zero-order valence-corrected chi connectivity index (χ0v) is 8.54. The molecule has 2 fully saturated rings. The quantitative estimate of drug-likeness (QED) is 0.708. The molecule has 2 N–H and O–H groups in total. The molecule has 3 heteroatoms. The predicted octanol–water partition coefficient (Wildman–Crippen LogP) is 1.06. The van der Waals surface area contributed by atoms with Gasteiger partial charge >= 0.3 is 0 Å². The summed E-state index contributed by atoms with van der Waals surface area (Å²) < 4.78 is 0. The van der Waals surface area contributed by atoms with Crippen molar-refractivity contribution < 1.29 is 9.90 Å². The summed E-state index contributed by atoms with van der Waals surface area (Å²) in [7, 11) is 0. The van der Waals surface area contributed by atoms with Gasteiger partial charge < -0.3 is 10.4 Å². The third-order valence-electron chi connectivity index (χ3n) is 3.41. The number of rotatable bonds is 4. The van der Waals surface area contributed by atoms with Gasteiger partial charge in [0.2, 0.25) is 5.91 Å². The van der Waals surface area contributed by atoms with E-state index < -0.39 is 0 Å². The molecule has 0 radical (unpaired) electrons. The average molecular weight is 197 g/mol. The fourth-order valence-corrected chi connectivity index (χ4v) is 2.30. The van der Waals surface area contributed by atoms with Crippen LogP contribution in [0.3, 0.4) is 0 Å². The summed E-state index contributed by atoms with van der Waals surface area (Å²) in [6.45, 7) is 0.217. The molecule has 2 unspecified atom stereocenters. The fourth-order valence-electron chi connectivity index (χ4n) is 2.30. The first-order valence-electron chi connectivity index (χ1n) is 5.70. The van der Waals surface area contributed by atoms with E-state index in [1.807, 2.05) is 0 Å². The maximum Gasteiger partial charge on any atom is 0.220 e. The number of aliphatic hydroxyl groups excluding tert-OH is 1. The normalized spacial score (nSPS) is 31.8. The number of carbonyl (C=O) groups excluding carboxylic acids is 1. The minimum Gasteiger partial charge on any atom is -0.396 e. The van der Waals surface area contributed by atoms with E-state index in [-0.39, 0.29) is 18.6 Å². The standard InChI is InChI=1S/C11H19NO2/c13-7-9-2-1-3-10(9)12-11(14)6-8-4-5-8/h8-10,13H,1-7H2,(H,12,14). The van der Waals surface area contributed by atoms with Crippen molar-refractivity contribution in [3.05, 3.63) is 0 Å². The second kappa shape index (κ2) is 4.30. The molecule has 80 valence electrons. The van der Waals surface area contributed by atoms with Crippen LogP contribution < -0.4 is 5.32 Å². The summed E-state index contributed by atoms with van der Waals surface area (Å²) in [6, 6.07) is 0.242. The van der Waals surface area contributed by atoms with Gasteiger partial charge in [-0.1, -0.05) is 6.42 Å². The molecule has 0 aromatic heterocycles. The van der Waals surface area contributed by atoms with Crippen LogP contribution in [0.4, 0.5) is 0 Å². The molecular weight excluding hydrogens is 178 g/mol. The van der Waals surface area contributed by atoms with Gasteiger partial charge in [-0.2, -0.15) is 0 Å². The van der Waals surface area contributed by atoms with Crippen molar-refractivity contribution in [2.45, 2.75) is 44.6 Å². The topological polar surface area (TPSA) is 49.3 Å². The van der Waals surface area contributed by atoms with E-state index in [0.29, 0.717) is 18.3 Å². The van der Waals surface area contributed by atoms with Crippen molar-refractivity contribution in [3.8, 4) is 0 Å². The highest BCUT2D eigenvalue weighted by molar-refractivity contribution is 5.76. The van der Waals surface area contributed by atoms with Crippen molar-refractivity contribution >= 4 is 5.91 Å². The predicted molar refractivity (Wildman–Crippen MR) is 53.7 cm³/mol. The van der Waals surface area contributed by atoms with E-state index in [1.165, 1.54) is 12.8 Å². The number of hydrogen-bond donors (Lipinski definition) is 2. The summed E-state index contributed by atoms with van der Waals surface area (Å²) >= 11 is 0. The van der Waals surface area contributed by atoms with Crippen LogP contribution in [0.2, 0.25) is 0 Å². The Morgan fingerprint density at radius 1 is 1.29 bits per heavy atom. The van der Waals surface area contributed by atoms with Crippen molar-refractivity contribution in [1.82, 2.24) is 5.32 Å². The lowest BCUT2D eigenvalue weighted by Crippen LogP contribution is -2.38. The molecule has 0 aromatic rings. The van der Waals surface area contributed by atoms with E-state index >= 15 is 0 Å². The van der Waals surface area contributed by atoms with E-state index in [0.717, 1.165) is 19.3 Å². The average Bonchev–Trinajstić information content (AvgIpc) is 2.84. The van der Waals surface area contributed by atoms with Crippen LogP contribution in [0, 0.1) is 11.8 Å². The van der Waals surface area contributed by atoms with E-state index in [2.05, 4.69) is 5.32 Å². The number of hydrogen-bond acceptors (Lipinski definition) is 2. The Kier molecular flexibility index (Phi) is 3.06. The Labute approximate surface area is 84.9 Å². The van der Waals surface area contributed by atoms with Crippen molar-refractivity contribution in [1.29, 1.82) is 0 Å². The van der Waals surface area contributed by atoms with Crippen molar-refractivity contribution in [2.75, 3.05) is 6.61 Å². The van der Waals surface area contributed by atoms with Gasteiger partial charge in [0.25, 0.3) is 0 Å². The molecule has 1 amide bonds. The summed E-state index contributed by atoms with van der Waals surface area (Å²) in [5, 5.41) is 12.1. The van der Waals surface area contributed by atoms with Gasteiger partial charge in [0.1, 0.15) is 0 Å². The molecule has 0 bridgehead atoms. The lowest BCUT2D eigenvalue weighted by molar-refractivity contribution is -0.122. The van der Waals surface area contributed by atoms with E-state index in [9.17, 15) is 4.79 Å². The lowest BCUT2D eigenvalue weighted by atomic mass is 10.0. The lowest BCUT2D eigenvalue weighted by Gasteiger charge is -2.18. The smallest absolute Gasteiger partial charge is 0.220 e. The van der Waals surface area contributed by atoms with Gasteiger partial charge in [0.15, 0.2) is 0 Å². The van der Waals surface area contributed by atoms with Crippen LogP contribution in [-0.2, 0) is 4.79 Å². The van der Waals surface area contributed by atoms with E-state index in [1.54, 1.807) is 0 Å². The second-order valence-electron chi connectivity index (χ2n) is 4.70. The van der Waals surface area contributed by atoms with Gasteiger partial charge in [-0.15, -0.1) is 0 Å². The maximum absolute atomic E-state index is 11.5. The number of carbonyl (C=O) groups is 1. The Morgan fingerprint density at radius 3 is 2.71 bits per heavy atom. The molecular formula is C11H19NO2. The summed E-state index contributed by atoms with van der Waals surface area (Å²) in [5.41, 5.74) is 0. The number of amides is 1. The molecule has 0 heterocycles.